The first-order chi connectivity index (χ1) is 12.2. The highest BCUT2D eigenvalue weighted by Crippen LogP contribution is 2.26. The van der Waals surface area contributed by atoms with E-state index in [1.54, 1.807) is 30.6 Å². The van der Waals surface area contributed by atoms with Gasteiger partial charge >= 0.3 is 0 Å². The minimum atomic E-state index is -0.293. The third kappa shape index (κ3) is 4.45. The molecule has 3 nitrogen and oxygen atoms in total. The van der Waals surface area contributed by atoms with Gasteiger partial charge in [0, 0.05) is 4.88 Å². The number of carbonyl (C=O) groups is 1. The van der Waals surface area contributed by atoms with Crippen LogP contribution in [0.15, 0.2) is 66.0 Å². The molecule has 1 heterocycles. The van der Waals surface area contributed by atoms with Crippen molar-refractivity contribution in [1.29, 1.82) is 0 Å². The van der Waals surface area contributed by atoms with Crippen LogP contribution in [0.2, 0.25) is 0 Å². The molecular weight excluding hydrogens is 337 g/mol. The van der Waals surface area contributed by atoms with Gasteiger partial charge in [-0.2, -0.15) is 0 Å². The van der Waals surface area contributed by atoms with Crippen molar-refractivity contribution in [2.24, 2.45) is 0 Å². The van der Waals surface area contributed by atoms with Crippen molar-refractivity contribution in [2.45, 2.75) is 12.5 Å². The summed E-state index contributed by atoms with van der Waals surface area (Å²) in [4.78, 5) is 13.5. The zero-order valence-electron chi connectivity index (χ0n) is 13.7. The Hall–Kier alpha value is -2.66. The normalized spacial score (nSPS) is 11.8. The van der Waals surface area contributed by atoms with Crippen molar-refractivity contribution in [2.75, 3.05) is 7.11 Å². The van der Waals surface area contributed by atoms with E-state index in [-0.39, 0.29) is 24.2 Å². The highest BCUT2D eigenvalue weighted by molar-refractivity contribution is 7.10. The molecule has 1 aromatic heterocycles. The minimum absolute atomic E-state index is 0.0899. The molecular formula is C20H18FNO2S. The largest absolute Gasteiger partial charge is 0.497 e. The summed E-state index contributed by atoms with van der Waals surface area (Å²) in [7, 11) is 1.61. The summed E-state index contributed by atoms with van der Waals surface area (Å²) >= 11 is 1.56. The number of hydrogen-bond acceptors (Lipinski definition) is 3. The number of rotatable bonds is 6. The molecule has 3 aromatic rings. The van der Waals surface area contributed by atoms with Crippen LogP contribution >= 0.6 is 11.3 Å². The Kier molecular flexibility index (Phi) is 5.46. The van der Waals surface area contributed by atoms with E-state index in [0.29, 0.717) is 0 Å². The van der Waals surface area contributed by atoms with Gasteiger partial charge in [0.25, 0.3) is 0 Å². The number of carbonyl (C=O) groups excluding carboxylic acids is 1. The van der Waals surface area contributed by atoms with E-state index < -0.39 is 0 Å². The van der Waals surface area contributed by atoms with Crippen LogP contribution in [0.3, 0.4) is 0 Å². The third-order valence-electron chi connectivity index (χ3n) is 3.86. The summed E-state index contributed by atoms with van der Waals surface area (Å²) in [5.74, 6) is 0.373. The van der Waals surface area contributed by atoms with Gasteiger partial charge in [-0.05, 0) is 46.8 Å². The second kappa shape index (κ2) is 7.94. The van der Waals surface area contributed by atoms with E-state index in [1.165, 1.54) is 12.1 Å². The van der Waals surface area contributed by atoms with Gasteiger partial charge < -0.3 is 10.1 Å². The Balaban J connectivity index is 1.75. The van der Waals surface area contributed by atoms with Gasteiger partial charge in [0.05, 0.1) is 19.6 Å². The Morgan fingerprint density at radius 3 is 2.44 bits per heavy atom. The third-order valence-corrected chi connectivity index (χ3v) is 4.80. The zero-order chi connectivity index (χ0) is 17.6. The summed E-state index contributed by atoms with van der Waals surface area (Å²) in [6.07, 6.45) is 0.271. The van der Waals surface area contributed by atoms with Gasteiger partial charge in [0.15, 0.2) is 0 Å². The molecule has 25 heavy (non-hydrogen) atoms. The van der Waals surface area contributed by atoms with Gasteiger partial charge in [-0.25, -0.2) is 4.39 Å². The number of hydrogen-bond donors (Lipinski definition) is 1. The van der Waals surface area contributed by atoms with Gasteiger partial charge in [0.2, 0.25) is 5.91 Å². The van der Waals surface area contributed by atoms with Gasteiger partial charge in [-0.15, -0.1) is 11.3 Å². The molecule has 2 aromatic carbocycles. The first-order valence-electron chi connectivity index (χ1n) is 7.87. The Morgan fingerprint density at radius 2 is 1.84 bits per heavy atom. The van der Waals surface area contributed by atoms with Crippen LogP contribution in [0, 0.1) is 5.82 Å². The molecule has 0 spiro atoms. The monoisotopic (exact) mass is 355 g/mol. The number of halogens is 1. The fourth-order valence-electron chi connectivity index (χ4n) is 2.57. The van der Waals surface area contributed by atoms with Crippen LogP contribution in [0.4, 0.5) is 4.39 Å². The van der Waals surface area contributed by atoms with Gasteiger partial charge in [-0.3, -0.25) is 4.79 Å². The predicted molar refractivity (Wildman–Crippen MR) is 97.4 cm³/mol. The molecule has 0 aliphatic carbocycles. The van der Waals surface area contributed by atoms with Gasteiger partial charge in [-0.1, -0.05) is 30.3 Å². The molecule has 1 N–H and O–H groups in total. The van der Waals surface area contributed by atoms with Crippen molar-refractivity contribution in [3.63, 3.8) is 0 Å². The molecule has 0 saturated carbocycles. The standard InChI is InChI=1S/C20H18FNO2S/c1-24-17-10-4-14(5-11-17)13-19(23)22-20(18-3-2-12-25-18)15-6-8-16(21)9-7-15/h2-12,20H,13H2,1H3,(H,22,23). The second-order valence-electron chi connectivity index (χ2n) is 5.59. The highest BCUT2D eigenvalue weighted by Gasteiger charge is 2.18. The molecule has 0 saturated heterocycles. The van der Waals surface area contributed by atoms with E-state index in [4.69, 9.17) is 4.74 Å². The minimum Gasteiger partial charge on any atom is -0.497 e. The molecule has 1 amide bonds. The van der Waals surface area contributed by atoms with E-state index in [1.807, 2.05) is 41.8 Å². The molecule has 1 unspecified atom stereocenters. The number of nitrogens with one attached hydrogen (secondary N) is 1. The molecule has 0 bridgehead atoms. The van der Waals surface area contributed by atoms with E-state index in [2.05, 4.69) is 5.32 Å². The summed E-state index contributed by atoms with van der Waals surface area (Å²) in [5.41, 5.74) is 1.76. The number of amides is 1. The molecule has 5 heteroatoms. The van der Waals surface area contributed by atoms with Crippen LogP contribution < -0.4 is 10.1 Å². The molecule has 3 rings (SSSR count). The molecule has 0 radical (unpaired) electrons. The maximum atomic E-state index is 13.2. The lowest BCUT2D eigenvalue weighted by Gasteiger charge is -2.18. The Morgan fingerprint density at radius 1 is 1.12 bits per heavy atom. The maximum absolute atomic E-state index is 13.2. The first kappa shape index (κ1) is 17.2. The molecule has 1 atom stereocenters. The molecule has 128 valence electrons. The maximum Gasteiger partial charge on any atom is 0.225 e. The lowest BCUT2D eigenvalue weighted by molar-refractivity contribution is -0.120. The second-order valence-corrected chi connectivity index (χ2v) is 6.57. The van der Waals surface area contributed by atoms with Crippen LogP contribution in [0.5, 0.6) is 5.75 Å². The van der Waals surface area contributed by atoms with E-state index in [0.717, 1.165) is 21.8 Å². The van der Waals surface area contributed by atoms with Crippen LogP contribution in [-0.4, -0.2) is 13.0 Å². The number of benzene rings is 2. The SMILES string of the molecule is COc1ccc(CC(=O)NC(c2ccc(F)cc2)c2cccs2)cc1. The highest BCUT2D eigenvalue weighted by atomic mass is 32.1. The average molecular weight is 355 g/mol. The number of thiophene rings is 1. The lowest BCUT2D eigenvalue weighted by Crippen LogP contribution is -2.30. The molecule has 0 aliphatic rings. The van der Waals surface area contributed by atoms with Crippen LogP contribution in [-0.2, 0) is 11.2 Å². The predicted octanol–water partition coefficient (Wildman–Crippen LogP) is 4.34. The summed E-state index contributed by atoms with van der Waals surface area (Å²) < 4.78 is 18.3. The summed E-state index contributed by atoms with van der Waals surface area (Å²) in [5, 5.41) is 5.01. The van der Waals surface area contributed by atoms with E-state index >= 15 is 0 Å². The van der Waals surface area contributed by atoms with Crippen molar-refractivity contribution in [3.05, 3.63) is 87.9 Å². The van der Waals surface area contributed by atoms with Crippen molar-refractivity contribution >= 4 is 17.2 Å². The van der Waals surface area contributed by atoms with Crippen molar-refractivity contribution in [1.82, 2.24) is 5.32 Å². The Bertz CT molecular complexity index is 814. The van der Waals surface area contributed by atoms with E-state index in [9.17, 15) is 9.18 Å². The quantitative estimate of drug-likeness (QED) is 0.714. The van der Waals surface area contributed by atoms with Crippen molar-refractivity contribution in [3.8, 4) is 5.75 Å². The average Bonchev–Trinajstić information content (AvgIpc) is 3.15. The number of methoxy groups -OCH3 is 1. The Labute approximate surface area is 150 Å². The summed E-state index contributed by atoms with van der Waals surface area (Å²) in [6.45, 7) is 0. The van der Waals surface area contributed by atoms with Crippen LogP contribution in [0.25, 0.3) is 0 Å². The molecule has 0 fully saturated rings. The van der Waals surface area contributed by atoms with Gasteiger partial charge in [0.1, 0.15) is 11.6 Å². The number of ether oxygens (including phenoxy) is 1. The first-order valence-corrected chi connectivity index (χ1v) is 8.75. The summed E-state index contributed by atoms with van der Waals surface area (Å²) in [6, 6.07) is 17.2. The lowest BCUT2D eigenvalue weighted by atomic mass is 10.0. The van der Waals surface area contributed by atoms with Crippen LogP contribution in [0.1, 0.15) is 22.0 Å². The zero-order valence-corrected chi connectivity index (χ0v) is 14.6. The fourth-order valence-corrected chi connectivity index (χ4v) is 3.37. The van der Waals surface area contributed by atoms with Crippen molar-refractivity contribution < 1.29 is 13.9 Å². The smallest absolute Gasteiger partial charge is 0.225 e. The fraction of sp³-hybridized carbons (Fsp3) is 0.150. The topological polar surface area (TPSA) is 38.3 Å². The molecule has 0 aliphatic heterocycles.